The predicted octanol–water partition coefficient (Wildman–Crippen LogP) is 14.9. The number of aryl methyl sites for hydroxylation is 2. The van der Waals surface area contributed by atoms with E-state index in [1.54, 1.807) is 26.7 Å². The van der Waals surface area contributed by atoms with Crippen LogP contribution in [0.3, 0.4) is 0 Å². The topological polar surface area (TPSA) is 0 Å². The van der Waals surface area contributed by atoms with E-state index in [1.165, 1.54) is 135 Å². The molecule has 0 saturated carbocycles. The number of hydrogen-bond acceptors (Lipinski definition) is 4. The molecule has 46 heavy (non-hydrogen) atoms. The van der Waals surface area contributed by atoms with Gasteiger partial charge in [-0.2, -0.15) is 0 Å². The van der Waals surface area contributed by atoms with Gasteiger partial charge in [0.2, 0.25) is 0 Å². The number of thiophene rings is 4. The van der Waals surface area contributed by atoms with Gasteiger partial charge in [0.1, 0.15) is 0 Å². The zero-order valence-corrected chi connectivity index (χ0v) is 39.6. The summed E-state index contributed by atoms with van der Waals surface area (Å²) in [6.07, 6.45) is 24.9. The molecule has 0 fully saturated rings. The maximum atomic E-state index is 2.65. The summed E-state index contributed by atoms with van der Waals surface area (Å²) in [7, 11) is 0. The molecule has 4 aromatic heterocycles. The average Bonchev–Trinajstić information content (AvgIpc) is 3.77. The first kappa shape index (κ1) is 39.4. The standard InChI is InChI=1S/C34H46S4.6CH3.2Sn/c1-3-5-7-9-11-13-15-17-19-27-21-23-35-33(27)31-25-29-30(37-31)26-32(38-29)34-28(22-24-36-34)20-18-16-14-12-10-8-6-4-2;;;;;;;;/h21-22,25-26H,3-20H2,1-2H3;6*1H3;;. The van der Waals surface area contributed by atoms with Crippen LogP contribution in [0.5, 0.6) is 0 Å². The molecule has 0 amide bonds. The molecular formula is C40H64S4Sn2. The van der Waals surface area contributed by atoms with Gasteiger partial charge in [0.15, 0.2) is 0 Å². The van der Waals surface area contributed by atoms with Gasteiger partial charge in [-0.3, -0.25) is 0 Å². The fourth-order valence-electron chi connectivity index (χ4n) is 6.34. The van der Waals surface area contributed by atoms with Crippen LogP contribution in [0, 0.1) is 0 Å². The van der Waals surface area contributed by atoms with Crippen LogP contribution in [0.1, 0.15) is 128 Å². The third-order valence-electron chi connectivity index (χ3n) is 9.35. The van der Waals surface area contributed by atoms with Crippen LogP contribution in [0.25, 0.3) is 28.9 Å². The second-order valence-corrected chi connectivity index (χ2v) is 50.9. The van der Waals surface area contributed by atoms with Crippen molar-refractivity contribution in [3.63, 3.8) is 0 Å². The van der Waals surface area contributed by atoms with E-state index >= 15 is 0 Å². The summed E-state index contributed by atoms with van der Waals surface area (Å²) in [4.78, 5) is 21.8. The van der Waals surface area contributed by atoms with Crippen LogP contribution in [0.2, 0.25) is 29.6 Å². The second kappa shape index (κ2) is 19.3. The zero-order chi connectivity index (χ0) is 33.2. The fourth-order valence-corrected chi connectivity index (χ4v) is 22.0. The molecule has 0 aliphatic heterocycles. The van der Waals surface area contributed by atoms with Crippen LogP contribution in [-0.4, -0.2) is 36.8 Å². The third-order valence-corrected chi connectivity index (χ3v) is 33.2. The summed E-state index contributed by atoms with van der Waals surface area (Å²) in [6.45, 7) is 4.63. The van der Waals surface area contributed by atoms with Crippen molar-refractivity contribution in [3.05, 3.63) is 35.4 Å². The molecule has 0 N–H and O–H groups in total. The summed E-state index contributed by atoms with van der Waals surface area (Å²) in [5, 5.41) is 0. The van der Waals surface area contributed by atoms with Gasteiger partial charge in [-0.15, -0.1) is 0 Å². The number of unbranched alkanes of at least 4 members (excludes halogenated alkanes) is 14. The van der Waals surface area contributed by atoms with Crippen LogP contribution in [0.15, 0.2) is 24.3 Å². The normalized spacial score (nSPS) is 12.6. The van der Waals surface area contributed by atoms with Gasteiger partial charge in [-0.25, -0.2) is 0 Å². The Morgan fingerprint density at radius 1 is 0.413 bits per heavy atom. The maximum absolute atomic E-state index is 2.65. The van der Waals surface area contributed by atoms with Gasteiger partial charge in [-0.05, 0) is 0 Å². The van der Waals surface area contributed by atoms with E-state index in [0.717, 1.165) is 0 Å². The molecule has 0 nitrogen and oxygen atoms in total. The van der Waals surface area contributed by atoms with Crippen molar-refractivity contribution in [2.24, 2.45) is 0 Å². The Kier molecular flexibility index (Phi) is 16.6. The van der Waals surface area contributed by atoms with Crippen molar-refractivity contribution in [2.45, 2.75) is 159 Å². The monoisotopic (exact) mass is 912 g/mol. The Bertz CT molecular complexity index is 1320. The Hall–Kier alpha value is 0.657. The number of hydrogen-bond donors (Lipinski definition) is 0. The van der Waals surface area contributed by atoms with Crippen molar-refractivity contribution < 1.29 is 0 Å². The fraction of sp³-hybridized carbons (Fsp3) is 0.650. The van der Waals surface area contributed by atoms with Gasteiger partial charge in [0.05, 0.1) is 0 Å². The van der Waals surface area contributed by atoms with E-state index in [-0.39, 0.29) is 0 Å². The molecule has 0 aliphatic rings. The van der Waals surface area contributed by atoms with Crippen LogP contribution >= 0.6 is 45.3 Å². The molecular weight excluding hydrogens is 846 g/mol. The Morgan fingerprint density at radius 2 is 0.739 bits per heavy atom. The van der Waals surface area contributed by atoms with Crippen LogP contribution < -0.4 is 5.79 Å². The second-order valence-electron chi connectivity index (χ2n) is 15.8. The minimum atomic E-state index is -2.13. The SMILES string of the molecule is CCCCCCCCCCc1c[c]([Sn]([CH3])([CH3])[CH3])sc1-c1cc2sc(-c3s[c]([Sn]([CH3])([CH3])[CH3])cc3CCCCCCCCCC)cc2s1. The molecule has 0 aromatic carbocycles. The van der Waals surface area contributed by atoms with E-state index in [4.69, 9.17) is 0 Å². The summed E-state index contributed by atoms with van der Waals surface area (Å²) >= 11 is 4.21. The van der Waals surface area contributed by atoms with E-state index in [0.29, 0.717) is 0 Å². The quantitative estimate of drug-likeness (QED) is 0.0544. The van der Waals surface area contributed by atoms with E-state index < -0.39 is 36.8 Å². The van der Waals surface area contributed by atoms with E-state index in [1.807, 2.05) is 0 Å². The Morgan fingerprint density at radius 3 is 1.07 bits per heavy atom. The van der Waals surface area contributed by atoms with Crippen molar-refractivity contribution in [1.82, 2.24) is 0 Å². The van der Waals surface area contributed by atoms with Crippen LogP contribution in [0.4, 0.5) is 0 Å². The van der Waals surface area contributed by atoms with Gasteiger partial charge in [0, 0.05) is 0 Å². The summed E-state index contributed by atoms with van der Waals surface area (Å²) < 4.78 is 6.52. The molecule has 0 spiro atoms. The van der Waals surface area contributed by atoms with Crippen molar-refractivity contribution in [2.75, 3.05) is 0 Å². The average molecular weight is 911 g/mol. The molecule has 0 unspecified atom stereocenters. The molecule has 4 rings (SSSR count). The van der Waals surface area contributed by atoms with Crippen LogP contribution in [-0.2, 0) is 12.8 Å². The summed E-state index contributed by atoms with van der Waals surface area (Å²) in [5.74, 6) is 0. The van der Waals surface area contributed by atoms with Crippen molar-refractivity contribution in [1.29, 1.82) is 0 Å². The van der Waals surface area contributed by atoms with Gasteiger partial charge in [0.25, 0.3) is 0 Å². The molecule has 0 bridgehead atoms. The Balaban J connectivity index is 1.47. The van der Waals surface area contributed by atoms with E-state index in [9.17, 15) is 0 Å². The van der Waals surface area contributed by atoms with E-state index in [2.05, 4.69) is 113 Å². The molecule has 4 heterocycles. The predicted molar refractivity (Wildman–Crippen MR) is 225 cm³/mol. The molecule has 0 aliphatic carbocycles. The molecule has 6 heteroatoms. The summed E-state index contributed by atoms with van der Waals surface area (Å²) in [5.41, 5.74) is 3.31. The Labute approximate surface area is 308 Å². The first-order chi connectivity index (χ1) is 22.0. The molecule has 0 atom stereocenters. The third kappa shape index (κ3) is 11.9. The van der Waals surface area contributed by atoms with Gasteiger partial charge >= 0.3 is 297 Å². The molecule has 256 valence electrons. The molecule has 0 radical (unpaired) electrons. The molecule has 0 saturated heterocycles. The van der Waals surface area contributed by atoms with Gasteiger partial charge < -0.3 is 0 Å². The zero-order valence-electron chi connectivity index (χ0n) is 30.7. The first-order valence-corrected chi connectivity index (χ1v) is 42.1. The first-order valence-electron chi connectivity index (χ1n) is 18.8. The summed E-state index contributed by atoms with van der Waals surface area (Å²) in [6, 6.07) is 10.4. The minimum absolute atomic E-state index is 1.26. The molecule has 4 aromatic rings. The number of rotatable bonds is 22. The van der Waals surface area contributed by atoms with Crippen molar-refractivity contribution in [3.8, 4) is 19.5 Å². The van der Waals surface area contributed by atoms with Gasteiger partial charge in [-0.1, -0.05) is 13.8 Å². The van der Waals surface area contributed by atoms with Crippen molar-refractivity contribution >= 4 is 97.3 Å². The number of fused-ring (bicyclic) bond motifs is 1.